The molecule has 0 bridgehead atoms. The topological polar surface area (TPSA) is 56.1 Å². The van der Waals surface area contributed by atoms with Gasteiger partial charge in [0.15, 0.2) is 17.2 Å². The number of amides is 1. The lowest BCUT2D eigenvalue weighted by Crippen LogP contribution is -2.29. The number of rotatable bonds is 2. The van der Waals surface area contributed by atoms with Crippen LogP contribution in [0.1, 0.15) is 55.0 Å². The van der Waals surface area contributed by atoms with Gasteiger partial charge in [-0.15, -0.1) is 0 Å². The Morgan fingerprint density at radius 3 is 2.79 bits per heavy atom. The summed E-state index contributed by atoms with van der Waals surface area (Å²) < 4.78 is 13.0. The lowest BCUT2D eigenvalue weighted by atomic mass is 9.96. The Labute approximate surface area is 170 Å². The number of carbonyl (C=O) groups is 1. The number of imidazole rings is 1. The van der Waals surface area contributed by atoms with Gasteiger partial charge < -0.3 is 18.8 Å². The van der Waals surface area contributed by atoms with Crippen molar-refractivity contribution in [2.75, 3.05) is 19.9 Å². The first-order chi connectivity index (χ1) is 13.9. The first kappa shape index (κ1) is 18.0. The molecule has 1 fully saturated rings. The minimum absolute atomic E-state index is 0.00689. The Hall–Kier alpha value is -3.02. The van der Waals surface area contributed by atoms with Gasteiger partial charge in [0.05, 0.1) is 5.52 Å². The molecule has 1 saturated heterocycles. The number of benzene rings is 1. The fraction of sp³-hybridized carbons (Fsp3) is 0.391. The Bertz CT molecular complexity index is 1100. The van der Waals surface area contributed by atoms with Crippen LogP contribution in [0, 0.1) is 0 Å². The van der Waals surface area contributed by atoms with E-state index in [0.29, 0.717) is 18.2 Å². The third-order valence-electron chi connectivity index (χ3n) is 5.77. The average molecular weight is 391 g/mol. The number of likely N-dealkylation sites (tertiary alicyclic amines) is 1. The van der Waals surface area contributed by atoms with Gasteiger partial charge in [0.25, 0.3) is 5.91 Å². The molecule has 1 atom stereocenters. The maximum atomic E-state index is 13.4. The zero-order valence-electron chi connectivity index (χ0n) is 17.0. The largest absolute Gasteiger partial charge is 0.454 e. The highest BCUT2D eigenvalue weighted by Crippen LogP contribution is 2.37. The standard InChI is InChI=1S/C23H25N3O3/c1-23(2,3)22-24-20(17-6-4-5-10-26(17)22)21(27)25-11-9-16(13-25)15-7-8-18-19(12-15)29-14-28-18/h4-8,10,12,16H,9,11,13-14H2,1-3H3. The van der Waals surface area contributed by atoms with Gasteiger partial charge >= 0.3 is 0 Å². The van der Waals surface area contributed by atoms with E-state index >= 15 is 0 Å². The van der Waals surface area contributed by atoms with E-state index in [1.807, 2.05) is 45.8 Å². The van der Waals surface area contributed by atoms with Crippen molar-refractivity contribution in [3.8, 4) is 11.5 Å². The van der Waals surface area contributed by atoms with Crippen LogP contribution in [0.25, 0.3) is 5.52 Å². The Morgan fingerprint density at radius 1 is 1.14 bits per heavy atom. The fourth-order valence-corrected chi connectivity index (χ4v) is 4.26. The molecule has 150 valence electrons. The van der Waals surface area contributed by atoms with E-state index in [0.717, 1.165) is 35.8 Å². The third kappa shape index (κ3) is 3.03. The summed E-state index contributed by atoms with van der Waals surface area (Å²) in [6, 6.07) is 12.0. The predicted molar refractivity (Wildman–Crippen MR) is 110 cm³/mol. The molecule has 1 unspecified atom stereocenters. The van der Waals surface area contributed by atoms with Gasteiger partial charge in [0.1, 0.15) is 5.82 Å². The molecule has 2 aliphatic heterocycles. The van der Waals surface area contributed by atoms with Crippen LogP contribution in [0.4, 0.5) is 0 Å². The van der Waals surface area contributed by atoms with Crippen molar-refractivity contribution >= 4 is 11.4 Å². The number of aromatic nitrogens is 2. The van der Waals surface area contributed by atoms with Crippen molar-refractivity contribution in [1.82, 2.24) is 14.3 Å². The average Bonchev–Trinajstić information content (AvgIpc) is 3.43. The second-order valence-electron chi connectivity index (χ2n) is 8.84. The first-order valence-corrected chi connectivity index (χ1v) is 10.1. The maximum absolute atomic E-state index is 13.4. The second-order valence-corrected chi connectivity index (χ2v) is 8.84. The number of fused-ring (bicyclic) bond motifs is 2. The molecule has 0 spiro atoms. The lowest BCUT2D eigenvalue weighted by molar-refractivity contribution is 0.0787. The van der Waals surface area contributed by atoms with Crippen LogP contribution < -0.4 is 9.47 Å². The quantitative estimate of drug-likeness (QED) is 0.663. The Kier molecular flexibility index (Phi) is 4.05. The van der Waals surface area contributed by atoms with E-state index in [2.05, 4.69) is 26.8 Å². The summed E-state index contributed by atoms with van der Waals surface area (Å²) >= 11 is 0. The zero-order chi connectivity index (χ0) is 20.2. The van der Waals surface area contributed by atoms with E-state index in [4.69, 9.17) is 14.5 Å². The molecule has 3 aromatic rings. The monoisotopic (exact) mass is 391 g/mol. The van der Waals surface area contributed by atoms with Crippen molar-refractivity contribution in [2.45, 2.75) is 38.5 Å². The van der Waals surface area contributed by atoms with Crippen molar-refractivity contribution in [3.63, 3.8) is 0 Å². The summed E-state index contributed by atoms with van der Waals surface area (Å²) in [5.41, 5.74) is 2.45. The van der Waals surface area contributed by atoms with E-state index < -0.39 is 0 Å². The van der Waals surface area contributed by atoms with Gasteiger partial charge in [-0.2, -0.15) is 0 Å². The first-order valence-electron chi connectivity index (χ1n) is 10.1. The van der Waals surface area contributed by atoms with Crippen molar-refractivity contribution in [3.05, 3.63) is 59.7 Å². The van der Waals surface area contributed by atoms with Gasteiger partial charge in [-0.1, -0.05) is 32.9 Å². The Morgan fingerprint density at radius 2 is 1.97 bits per heavy atom. The molecule has 4 heterocycles. The van der Waals surface area contributed by atoms with Crippen molar-refractivity contribution in [2.24, 2.45) is 0 Å². The van der Waals surface area contributed by atoms with E-state index in [-0.39, 0.29) is 18.1 Å². The summed E-state index contributed by atoms with van der Waals surface area (Å²) in [5.74, 6) is 2.79. The van der Waals surface area contributed by atoms with Crippen LogP contribution in [0.3, 0.4) is 0 Å². The molecule has 0 radical (unpaired) electrons. The molecule has 6 nitrogen and oxygen atoms in total. The molecule has 2 aliphatic rings. The van der Waals surface area contributed by atoms with Gasteiger partial charge in [0.2, 0.25) is 6.79 Å². The van der Waals surface area contributed by atoms with E-state index in [1.54, 1.807) is 0 Å². The van der Waals surface area contributed by atoms with Crippen LogP contribution in [0.5, 0.6) is 11.5 Å². The van der Waals surface area contributed by atoms with Crippen molar-refractivity contribution < 1.29 is 14.3 Å². The molecule has 0 saturated carbocycles. The molecular formula is C23H25N3O3. The van der Waals surface area contributed by atoms with Gasteiger partial charge in [0, 0.05) is 30.6 Å². The molecule has 0 N–H and O–H groups in total. The summed E-state index contributed by atoms with van der Waals surface area (Å²) in [6.07, 6.45) is 2.92. The predicted octanol–water partition coefficient (Wildman–Crippen LogP) is 3.99. The van der Waals surface area contributed by atoms with Crippen LogP contribution in [0.2, 0.25) is 0 Å². The SMILES string of the molecule is CC(C)(C)c1nc(C(=O)N2CCC(c3ccc4c(c3)OCO4)C2)c2ccccn12. The van der Waals surface area contributed by atoms with Gasteiger partial charge in [-0.3, -0.25) is 4.79 Å². The fourth-order valence-electron chi connectivity index (χ4n) is 4.26. The molecule has 0 aliphatic carbocycles. The minimum atomic E-state index is -0.150. The van der Waals surface area contributed by atoms with Crippen LogP contribution in [-0.4, -0.2) is 40.1 Å². The molecule has 6 heteroatoms. The minimum Gasteiger partial charge on any atom is -0.454 e. The molecular weight excluding hydrogens is 366 g/mol. The highest BCUT2D eigenvalue weighted by atomic mass is 16.7. The summed E-state index contributed by atoms with van der Waals surface area (Å²) in [5, 5.41) is 0. The van der Waals surface area contributed by atoms with Crippen LogP contribution in [0.15, 0.2) is 42.6 Å². The highest BCUT2D eigenvalue weighted by Gasteiger charge is 2.32. The van der Waals surface area contributed by atoms with Crippen LogP contribution in [-0.2, 0) is 5.41 Å². The van der Waals surface area contributed by atoms with E-state index in [1.165, 1.54) is 5.56 Å². The zero-order valence-corrected chi connectivity index (χ0v) is 17.0. The normalized spacial score (nSPS) is 18.6. The number of pyridine rings is 1. The molecule has 29 heavy (non-hydrogen) atoms. The lowest BCUT2D eigenvalue weighted by Gasteiger charge is -2.17. The van der Waals surface area contributed by atoms with Gasteiger partial charge in [-0.05, 0) is 36.2 Å². The number of hydrogen-bond acceptors (Lipinski definition) is 4. The molecule has 1 amide bonds. The van der Waals surface area contributed by atoms with Crippen molar-refractivity contribution in [1.29, 1.82) is 0 Å². The number of hydrogen-bond donors (Lipinski definition) is 0. The van der Waals surface area contributed by atoms with Gasteiger partial charge in [-0.25, -0.2) is 4.98 Å². The molecule has 1 aromatic carbocycles. The molecule has 2 aromatic heterocycles. The maximum Gasteiger partial charge on any atom is 0.274 e. The molecule has 5 rings (SSSR count). The smallest absolute Gasteiger partial charge is 0.274 e. The third-order valence-corrected chi connectivity index (χ3v) is 5.77. The number of ether oxygens (including phenoxy) is 2. The second kappa shape index (κ2) is 6.51. The summed E-state index contributed by atoms with van der Waals surface area (Å²) in [7, 11) is 0. The Balaban J connectivity index is 1.42. The number of carbonyl (C=O) groups excluding carboxylic acids is 1. The number of nitrogens with zero attached hydrogens (tertiary/aromatic N) is 3. The van der Waals surface area contributed by atoms with Crippen LogP contribution >= 0.6 is 0 Å². The summed E-state index contributed by atoms with van der Waals surface area (Å²) in [6.45, 7) is 8.05. The highest BCUT2D eigenvalue weighted by molar-refractivity contribution is 5.99. The van der Waals surface area contributed by atoms with E-state index in [9.17, 15) is 4.79 Å². The summed E-state index contributed by atoms with van der Waals surface area (Å²) in [4.78, 5) is 20.1.